The Bertz CT molecular complexity index is 209. The Morgan fingerprint density at radius 3 is 1.84 bits per heavy atom. The monoisotopic (exact) mass is 270 g/mol. The molecule has 0 amide bonds. The summed E-state index contributed by atoms with van der Waals surface area (Å²) in [5.74, 6) is 1.21. The van der Waals surface area contributed by atoms with Crippen LogP contribution in [0.1, 0.15) is 85.5 Å². The summed E-state index contributed by atoms with van der Waals surface area (Å²) in [6, 6.07) is 0. The molecule has 0 aliphatic carbocycles. The average molecular weight is 270 g/mol. The predicted molar refractivity (Wildman–Crippen MR) is 82.2 cm³/mol. The molecule has 0 N–H and O–H groups in total. The highest BCUT2D eigenvalue weighted by Gasteiger charge is 2.05. The molecule has 0 atom stereocenters. The number of esters is 1. The van der Waals surface area contributed by atoms with Crippen molar-refractivity contribution < 1.29 is 9.53 Å². The van der Waals surface area contributed by atoms with Crippen LogP contribution < -0.4 is 0 Å². The molecule has 0 aliphatic heterocycles. The van der Waals surface area contributed by atoms with E-state index in [1.54, 1.807) is 0 Å². The molecule has 0 heterocycles. The highest BCUT2D eigenvalue weighted by atomic mass is 16.5. The van der Waals surface area contributed by atoms with Crippen molar-refractivity contribution in [2.45, 2.75) is 85.5 Å². The molecule has 0 aliphatic rings. The number of hydrogen-bond acceptors (Lipinski definition) is 2. The van der Waals surface area contributed by atoms with Crippen LogP contribution in [-0.2, 0) is 9.53 Å². The van der Waals surface area contributed by atoms with E-state index >= 15 is 0 Å². The van der Waals surface area contributed by atoms with Crippen LogP contribution >= 0.6 is 0 Å². The second kappa shape index (κ2) is 12.5. The van der Waals surface area contributed by atoms with Gasteiger partial charge in [-0.25, -0.2) is 0 Å². The third-order valence-corrected chi connectivity index (χ3v) is 3.26. The van der Waals surface area contributed by atoms with Gasteiger partial charge >= 0.3 is 5.97 Å². The number of carbonyl (C=O) groups excluding carboxylic acids is 1. The van der Waals surface area contributed by atoms with Crippen molar-refractivity contribution >= 4 is 5.97 Å². The van der Waals surface area contributed by atoms with Crippen LogP contribution in [0.3, 0.4) is 0 Å². The average Bonchev–Trinajstić information content (AvgIpc) is 2.30. The van der Waals surface area contributed by atoms with E-state index in [4.69, 9.17) is 4.74 Å². The number of ether oxygens (including phenoxy) is 1. The number of hydrogen-bond donors (Lipinski definition) is 0. The highest BCUT2D eigenvalue weighted by Crippen LogP contribution is 2.12. The summed E-state index contributed by atoms with van der Waals surface area (Å²) in [4.78, 5) is 11.3. The minimum absolute atomic E-state index is 0.0383. The molecule has 0 aromatic heterocycles. The number of unbranched alkanes of at least 4 members (excludes halogenated alkanes) is 6. The smallest absolute Gasteiger partial charge is 0.306 e. The van der Waals surface area contributed by atoms with Gasteiger partial charge in [0.05, 0.1) is 6.61 Å². The number of carbonyl (C=O) groups is 1. The lowest BCUT2D eigenvalue weighted by Crippen LogP contribution is -2.08. The van der Waals surface area contributed by atoms with Crippen molar-refractivity contribution in [3.8, 4) is 0 Å². The van der Waals surface area contributed by atoms with E-state index in [1.165, 1.54) is 44.9 Å². The first-order valence-electron chi connectivity index (χ1n) is 8.18. The van der Waals surface area contributed by atoms with Crippen LogP contribution in [0, 0.1) is 11.8 Å². The van der Waals surface area contributed by atoms with E-state index in [2.05, 4.69) is 13.8 Å². The maximum absolute atomic E-state index is 11.3. The Labute approximate surface area is 120 Å². The van der Waals surface area contributed by atoms with Crippen molar-refractivity contribution in [1.82, 2.24) is 0 Å². The SMILES string of the molecule is CC(C)CCCCCCCCCOC(=O)CC(C)C. The van der Waals surface area contributed by atoms with E-state index < -0.39 is 0 Å². The molecule has 114 valence electrons. The van der Waals surface area contributed by atoms with Crippen molar-refractivity contribution in [3.05, 3.63) is 0 Å². The van der Waals surface area contributed by atoms with Gasteiger partial charge in [0.15, 0.2) is 0 Å². The Morgan fingerprint density at radius 2 is 1.32 bits per heavy atom. The van der Waals surface area contributed by atoms with Gasteiger partial charge in [-0.1, -0.05) is 72.6 Å². The van der Waals surface area contributed by atoms with Crippen molar-refractivity contribution in [1.29, 1.82) is 0 Å². The van der Waals surface area contributed by atoms with Gasteiger partial charge in [-0.15, -0.1) is 0 Å². The first kappa shape index (κ1) is 18.5. The summed E-state index contributed by atoms with van der Waals surface area (Å²) in [7, 11) is 0. The number of rotatable bonds is 12. The van der Waals surface area contributed by atoms with Gasteiger partial charge in [0, 0.05) is 6.42 Å². The summed E-state index contributed by atoms with van der Waals surface area (Å²) >= 11 is 0. The van der Waals surface area contributed by atoms with E-state index in [0.29, 0.717) is 18.9 Å². The third-order valence-electron chi connectivity index (χ3n) is 3.26. The summed E-state index contributed by atoms with van der Waals surface area (Å²) in [5.41, 5.74) is 0. The fourth-order valence-electron chi connectivity index (χ4n) is 2.12. The fourth-order valence-corrected chi connectivity index (χ4v) is 2.12. The standard InChI is InChI=1S/C17H34O2/c1-15(2)12-10-8-6-5-7-9-11-13-19-17(18)14-16(3)4/h15-16H,5-14H2,1-4H3. The molecule has 2 nitrogen and oxygen atoms in total. The third kappa shape index (κ3) is 15.4. The van der Waals surface area contributed by atoms with Gasteiger partial charge in [0.1, 0.15) is 0 Å². The van der Waals surface area contributed by atoms with Gasteiger partial charge in [0.2, 0.25) is 0 Å². The quantitative estimate of drug-likeness (QED) is 0.353. The first-order valence-corrected chi connectivity index (χ1v) is 8.18. The maximum Gasteiger partial charge on any atom is 0.306 e. The maximum atomic E-state index is 11.3. The molecule has 0 rings (SSSR count). The van der Waals surface area contributed by atoms with E-state index in [9.17, 15) is 4.79 Å². The zero-order valence-electron chi connectivity index (χ0n) is 13.5. The fraction of sp³-hybridized carbons (Fsp3) is 0.941. The van der Waals surface area contributed by atoms with Gasteiger partial charge < -0.3 is 4.74 Å². The molecular formula is C17H34O2. The largest absolute Gasteiger partial charge is 0.466 e. The molecule has 0 saturated heterocycles. The van der Waals surface area contributed by atoms with Crippen LogP contribution in [0.5, 0.6) is 0 Å². The van der Waals surface area contributed by atoms with Crippen molar-refractivity contribution in [2.75, 3.05) is 6.61 Å². The minimum atomic E-state index is -0.0383. The highest BCUT2D eigenvalue weighted by molar-refractivity contribution is 5.69. The van der Waals surface area contributed by atoms with Crippen LogP contribution in [-0.4, -0.2) is 12.6 Å². The zero-order chi connectivity index (χ0) is 14.5. The summed E-state index contributed by atoms with van der Waals surface area (Å²) in [6.07, 6.45) is 10.9. The molecule has 0 fully saturated rings. The lowest BCUT2D eigenvalue weighted by molar-refractivity contribution is -0.144. The molecule has 0 saturated carbocycles. The van der Waals surface area contributed by atoms with Crippen LogP contribution in [0.25, 0.3) is 0 Å². The topological polar surface area (TPSA) is 26.3 Å². The van der Waals surface area contributed by atoms with E-state index in [1.807, 2.05) is 13.8 Å². The summed E-state index contributed by atoms with van der Waals surface area (Å²) in [6.45, 7) is 9.28. The van der Waals surface area contributed by atoms with Crippen molar-refractivity contribution in [2.24, 2.45) is 11.8 Å². The Hall–Kier alpha value is -0.530. The minimum Gasteiger partial charge on any atom is -0.466 e. The molecular weight excluding hydrogens is 236 g/mol. The summed E-state index contributed by atoms with van der Waals surface area (Å²) in [5, 5.41) is 0. The van der Waals surface area contributed by atoms with Gasteiger partial charge in [-0.3, -0.25) is 4.79 Å². The first-order chi connectivity index (χ1) is 9.02. The Balaban J connectivity index is 3.13. The van der Waals surface area contributed by atoms with E-state index in [0.717, 1.165) is 12.3 Å². The second-order valence-corrected chi connectivity index (χ2v) is 6.48. The van der Waals surface area contributed by atoms with Crippen LogP contribution in [0.15, 0.2) is 0 Å². The lowest BCUT2D eigenvalue weighted by atomic mass is 10.0. The molecule has 0 bridgehead atoms. The van der Waals surface area contributed by atoms with Gasteiger partial charge in [0.25, 0.3) is 0 Å². The molecule has 0 radical (unpaired) electrons. The van der Waals surface area contributed by atoms with Crippen LogP contribution in [0.2, 0.25) is 0 Å². The lowest BCUT2D eigenvalue weighted by Gasteiger charge is -2.07. The van der Waals surface area contributed by atoms with Gasteiger partial charge in [-0.2, -0.15) is 0 Å². The molecule has 0 spiro atoms. The van der Waals surface area contributed by atoms with E-state index in [-0.39, 0.29) is 5.97 Å². The van der Waals surface area contributed by atoms with Crippen LogP contribution in [0.4, 0.5) is 0 Å². The zero-order valence-corrected chi connectivity index (χ0v) is 13.5. The Kier molecular flexibility index (Phi) is 12.2. The predicted octanol–water partition coefficient (Wildman–Crippen LogP) is 5.35. The molecule has 2 heteroatoms. The molecule has 0 aromatic carbocycles. The molecule has 0 aromatic rings. The molecule has 19 heavy (non-hydrogen) atoms. The Morgan fingerprint density at radius 1 is 0.789 bits per heavy atom. The van der Waals surface area contributed by atoms with Gasteiger partial charge in [-0.05, 0) is 18.3 Å². The second-order valence-electron chi connectivity index (χ2n) is 6.48. The normalized spacial score (nSPS) is 11.3. The van der Waals surface area contributed by atoms with Crippen molar-refractivity contribution in [3.63, 3.8) is 0 Å². The molecule has 0 unspecified atom stereocenters. The summed E-state index contributed by atoms with van der Waals surface area (Å²) < 4.78 is 5.19.